The summed E-state index contributed by atoms with van der Waals surface area (Å²) in [6, 6.07) is 10.8. The number of benzene rings is 1. The standard InChI is InChI=1S/C17H22N4/c18-21-16(14-11-19-13-20-12-14)17(9-5-2-6-10-17)15-7-3-1-4-8-15/h1,3-4,7-8,11-13,16,21H,2,5-6,9-10,18H2. The zero-order valence-electron chi connectivity index (χ0n) is 12.2. The van der Waals surface area contributed by atoms with Gasteiger partial charge in [0.1, 0.15) is 6.33 Å². The lowest BCUT2D eigenvalue weighted by atomic mass is 9.63. The molecule has 21 heavy (non-hydrogen) atoms. The molecule has 0 aliphatic heterocycles. The predicted molar refractivity (Wildman–Crippen MR) is 83.3 cm³/mol. The van der Waals surface area contributed by atoms with Crippen LogP contribution in [-0.4, -0.2) is 9.97 Å². The Balaban J connectivity index is 2.06. The Morgan fingerprint density at radius 1 is 1.00 bits per heavy atom. The van der Waals surface area contributed by atoms with Crippen LogP contribution in [0.25, 0.3) is 0 Å². The summed E-state index contributed by atoms with van der Waals surface area (Å²) in [5.41, 5.74) is 5.49. The maximum Gasteiger partial charge on any atom is 0.115 e. The van der Waals surface area contributed by atoms with Crippen molar-refractivity contribution in [3.8, 4) is 0 Å². The Morgan fingerprint density at radius 2 is 1.67 bits per heavy atom. The van der Waals surface area contributed by atoms with Crippen molar-refractivity contribution >= 4 is 0 Å². The van der Waals surface area contributed by atoms with Crippen LogP contribution in [0.5, 0.6) is 0 Å². The van der Waals surface area contributed by atoms with Gasteiger partial charge < -0.3 is 0 Å². The monoisotopic (exact) mass is 282 g/mol. The van der Waals surface area contributed by atoms with E-state index in [1.165, 1.54) is 24.8 Å². The topological polar surface area (TPSA) is 63.8 Å². The number of nitrogens with two attached hydrogens (primary N) is 1. The highest BCUT2D eigenvalue weighted by Gasteiger charge is 2.41. The summed E-state index contributed by atoms with van der Waals surface area (Å²) in [6.45, 7) is 0. The summed E-state index contributed by atoms with van der Waals surface area (Å²) >= 11 is 0. The zero-order valence-corrected chi connectivity index (χ0v) is 12.2. The van der Waals surface area contributed by atoms with Crippen molar-refractivity contribution < 1.29 is 0 Å². The Labute approximate surface area is 125 Å². The van der Waals surface area contributed by atoms with Gasteiger partial charge in [-0.3, -0.25) is 11.3 Å². The van der Waals surface area contributed by atoms with Crippen molar-refractivity contribution in [3.05, 3.63) is 60.2 Å². The summed E-state index contributed by atoms with van der Waals surface area (Å²) in [5, 5.41) is 0. The molecule has 1 aliphatic rings. The van der Waals surface area contributed by atoms with Crippen LogP contribution in [0.4, 0.5) is 0 Å². The van der Waals surface area contributed by atoms with Crippen LogP contribution in [0.15, 0.2) is 49.1 Å². The van der Waals surface area contributed by atoms with E-state index in [0.29, 0.717) is 0 Å². The van der Waals surface area contributed by atoms with Crippen molar-refractivity contribution in [1.29, 1.82) is 0 Å². The molecule has 1 fully saturated rings. The van der Waals surface area contributed by atoms with Gasteiger partial charge in [-0.2, -0.15) is 0 Å². The average molecular weight is 282 g/mol. The number of hydrazine groups is 1. The third-order valence-electron chi connectivity index (χ3n) is 4.73. The van der Waals surface area contributed by atoms with E-state index in [9.17, 15) is 0 Å². The van der Waals surface area contributed by atoms with Crippen LogP contribution in [0.2, 0.25) is 0 Å². The van der Waals surface area contributed by atoms with E-state index in [1.54, 1.807) is 6.33 Å². The van der Waals surface area contributed by atoms with Crippen molar-refractivity contribution in [2.75, 3.05) is 0 Å². The van der Waals surface area contributed by atoms with Crippen LogP contribution in [0, 0.1) is 0 Å². The molecule has 1 aliphatic carbocycles. The second-order valence-corrected chi connectivity index (χ2v) is 5.85. The number of rotatable bonds is 4. The molecule has 4 nitrogen and oxygen atoms in total. The first-order valence-electron chi connectivity index (χ1n) is 7.63. The molecule has 2 aromatic rings. The summed E-state index contributed by atoms with van der Waals surface area (Å²) in [6.07, 6.45) is 11.4. The summed E-state index contributed by atoms with van der Waals surface area (Å²) in [5.74, 6) is 5.95. The number of nitrogens with zero attached hydrogens (tertiary/aromatic N) is 2. The van der Waals surface area contributed by atoms with E-state index in [0.717, 1.165) is 18.4 Å². The maximum absolute atomic E-state index is 5.95. The minimum absolute atomic E-state index is 0.0268. The van der Waals surface area contributed by atoms with Gasteiger partial charge in [0.15, 0.2) is 0 Å². The first kappa shape index (κ1) is 14.2. The number of aromatic nitrogens is 2. The van der Waals surface area contributed by atoms with Crippen LogP contribution < -0.4 is 11.3 Å². The van der Waals surface area contributed by atoms with Crippen LogP contribution in [-0.2, 0) is 5.41 Å². The third kappa shape index (κ3) is 2.69. The van der Waals surface area contributed by atoms with Gasteiger partial charge in [-0.05, 0) is 18.4 Å². The number of hydrogen-bond donors (Lipinski definition) is 2. The molecule has 0 radical (unpaired) electrons. The first-order valence-corrected chi connectivity index (χ1v) is 7.63. The lowest BCUT2D eigenvalue weighted by Crippen LogP contribution is -2.46. The molecule has 0 spiro atoms. The Morgan fingerprint density at radius 3 is 2.29 bits per heavy atom. The van der Waals surface area contributed by atoms with E-state index in [2.05, 4.69) is 45.7 Å². The normalized spacial score (nSPS) is 19.1. The molecule has 1 heterocycles. The summed E-state index contributed by atoms with van der Waals surface area (Å²) in [7, 11) is 0. The molecule has 1 unspecified atom stereocenters. The second-order valence-electron chi connectivity index (χ2n) is 5.85. The van der Waals surface area contributed by atoms with Gasteiger partial charge in [-0.15, -0.1) is 0 Å². The summed E-state index contributed by atoms with van der Waals surface area (Å²) in [4.78, 5) is 8.33. The summed E-state index contributed by atoms with van der Waals surface area (Å²) < 4.78 is 0. The Kier molecular flexibility index (Phi) is 4.27. The average Bonchev–Trinajstić information content (AvgIpc) is 2.58. The van der Waals surface area contributed by atoms with Gasteiger partial charge in [0, 0.05) is 23.4 Å². The van der Waals surface area contributed by atoms with Crippen LogP contribution in [0.3, 0.4) is 0 Å². The van der Waals surface area contributed by atoms with Crippen LogP contribution in [0.1, 0.15) is 49.3 Å². The molecule has 0 amide bonds. The number of nitrogens with one attached hydrogen (secondary N) is 1. The molecule has 110 valence electrons. The van der Waals surface area contributed by atoms with Crippen molar-refractivity contribution in [2.24, 2.45) is 5.84 Å². The van der Waals surface area contributed by atoms with E-state index in [-0.39, 0.29) is 11.5 Å². The molecule has 4 heteroatoms. The van der Waals surface area contributed by atoms with Gasteiger partial charge in [0.25, 0.3) is 0 Å². The largest absolute Gasteiger partial charge is 0.271 e. The SMILES string of the molecule is NNC(c1cncnc1)C1(c2ccccc2)CCCCC1. The van der Waals surface area contributed by atoms with E-state index in [1.807, 2.05) is 12.4 Å². The maximum atomic E-state index is 5.95. The van der Waals surface area contributed by atoms with Crippen molar-refractivity contribution in [3.63, 3.8) is 0 Å². The fourth-order valence-corrected chi connectivity index (χ4v) is 3.73. The molecule has 1 atom stereocenters. The Hall–Kier alpha value is -1.78. The van der Waals surface area contributed by atoms with Gasteiger partial charge in [0.2, 0.25) is 0 Å². The van der Waals surface area contributed by atoms with Crippen LogP contribution >= 0.6 is 0 Å². The second kappa shape index (κ2) is 6.33. The quantitative estimate of drug-likeness (QED) is 0.668. The minimum Gasteiger partial charge on any atom is -0.271 e. The van der Waals surface area contributed by atoms with Crippen molar-refractivity contribution in [2.45, 2.75) is 43.6 Å². The van der Waals surface area contributed by atoms with Gasteiger partial charge in [-0.1, -0.05) is 49.6 Å². The predicted octanol–water partition coefficient (Wildman–Crippen LogP) is 2.88. The molecular formula is C17H22N4. The van der Waals surface area contributed by atoms with Gasteiger partial charge in [-0.25, -0.2) is 9.97 Å². The molecule has 3 rings (SSSR count). The smallest absolute Gasteiger partial charge is 0.115 e. The zero-order chi connectivity index (χ0) is 14.5. The molecule has 1 aromatic carbocycles. The van der Waals surface area contributed by atoms with E-state index in [4.69, 9.17) is 5.84 Å². The lowest BCUT2D eigenvalue weighted by molar-refractivity contribution is 0.214. The molecular weight excluding hydrogens is 260 g/mol. The first-order chi connectivity index (χ1) is 10.4. The Bertz CT molecular complexity index is 550. The molecule has 0 bridgehead atoms. The lowest BCUT2D eigenvalue weighted by Gasteiger charge is -2.44. The van der Waals surface area contributed by atoms with Crippen molar-refractivity contribution in [1.82, 2.24) is 15.4 Å². The minimum atomic E-state index is 0.0268. The molecule has 3 N–H and O–H groups in total. The highest BCUT2D eigenvalue weighted by atomic mass is 15.2. The molecule has 0 saturated heterocycles. The van der Waals surface area contributed by atoms with E-state index < -0.39 is 0 Å². The van der Waals surface area contributed by atoms with E-state index >= 15 is 0 Å². The fraction of sp³-hybridized carbons (Fsp3) is 0.412. The fourth-order valence-electron chi connectivity index (χ4n) is 3.73. The highest BCUT2D eigenvalue weighted by molar-refractivity contribution is 5.32. The number of hydrogen-bond acceptors (Lipinski definition) is 4. The third-order valence-corrected chi connectivity index (χ3v) is 4.73. The van der Waals surface area contributed by atoms with Gasteiger partial charge in [0.05, 0.1) is 6.04 Å². The van der Waals surface area contributed by atoms with Gasteiger partial charge >= 0.3 is 0 Å². The highest BCUT2D eigenvalue weighted by Crippen LogP contribution is 2.47. The molecule has 1 aromatic heterocycles. The molecule has 1 saturated carbocycles.